The van der Waals surface area contributed by atoms with E-state index >= 15 is 0 Å². The Balaban J connectivity index is 1.58. The zero-order valence-corrected chi connectivity index (χ0v) is 16.4. The summed E-state index contributed by atoms with van der Waals surface area (Å²) in [6.07, 6.45) is 0.785. The van der Waals surface area contributed by atoms with E-state index < -0.39 is 9.84 Å². The van der Waals surface area contributed by atoms with Crippen LogP contribution in [0.25, 0.3) is 10.8 Å². The van der Waals surface area contributed by atoms with Crippen LogP contribution in [0.3, 0.4) is 0 Å². The van der Waals surface area contributed by atoms with Crippen molar-refractivity contribution in [1.29, 1.82) is 0 Å². The summed E-state index contributed by atoms with van der Waals surface area (Å²) in [7, 11) is -3.06. The third-order valence-corrected chi connectivity index (χ3v) is 7.08. The van der Waals surface area contributed by atoms with Gasteiger partial charge in [-0.15, -0.1) is 0 Å². The molecule has 1 heterocycles. The Morgan fingerprint density at radius 1 is 0.893 bits per heavy atom. The number of carbonyl (C=O) groups is 1. The Kier molecular flexibility index (Phi) is 5.18. The number of benzene rings is 3. The van der Waals surface area contributed by atoms with Crippen LogP contribution in [-0.2, 0) is 27.6 Å². The van der Waals surface area contributed by atoms with Crippen LogP contribution >= 0.6 is 0 Å². The van der Waals surface area contributed by atoms with Crippen LogP contribution in [0, 0.1) is 0 Å². The smallest absolute Gasteiger partial charge is 0.227 e. The zero-order valence-electron chi connectivity index (χ0n) is 15.6. The fourth-order valence-electron chi connectivity index (χ4n) is 3.85. The van der Waals surface area contributed by atoms with Gasteiger partial charge in [0.15, 0.2) is 9.84 Å². The Labute approximate surface area is 165 Å². The minimum atomic E-state index is -3.06. The van der Waals surface area contributed by atoms with Gasteiger partial charge in [0.05, 0.1) is 17.9 Å². The van der Waals surface area contributed by atoms with Gasteiger partial charge in [-0.3, -0.25) is 4.79 Å². The molecular weight excluding hydrogens is 370 g/mol. The van der Waals surface area contributed by atoms with Gasteiger partial charge in [0.1, 0.15) is 0 Å². The van der Waals surface area contributed by atoms with Gasteiger partial charge in [0.25, 0.3) is 0 Å². The molecule has 3 aromatic rings. The number of nitrogens with zero attached hydrogens (tertiary/aromatic N) is 1. The van der Waals surface area contributed by atoms with Gasteiger partial charge >= 0.3 is 0 Å². The second kappa shape index (κ2) is 7.76. The molecule has 1 fully saturated rings. The van der Waals surface area contributed by atoms with Crippen molar-refractivity contribution in [3.63, 3.8) is 0 Å². The van der Waals surface area contributed by atoms with E-state index in [1.54, 1.807) is 4.90 Å². The lowest BCUT2D eigenvalue weighted by atomic mass is 10.0. The maximum atomic E-state index is 13.2. The standard InChI is InChI=1S/C23H23NO3S/c25-23(15-19-10-11-20-8-4-5-9-21(20)14-19)24(16-18-6-2-1-3-7-18)22-12-13-28(26,27)17-22/h1-11,14,22H,12-13,15-17H2/t22-/m1/s1. The van der Waals surface area contributed by atoms with Crippen LogP contribution in [0.4, 0.5) is 0 Å². The van der Waals surface area contributed by atoms with Crippen molar-refractivity contribution in [3.05, 3.63) is 83.9 Å². The van der Waals surface area contributed by atoms with Crippen LogP contribution in [-0.4, -0.2) is 36.8 Å². The Morgan fingerprint density at radius 2 is 1.61 bits per heavy atom. The van der Waals surface area contributed by atoms with Crippen molar-refractivity contribution < 1.29 is 13.2 Å². The topological polar surface area (TPSA) is 54.5 Å². The highest BCUT2D eigenvalue weighted by atomic mass is 32.2. The van der Waals surface area contributed by atoms with Gasteiger partial charge in [-0.25, -0.2) is 8.42 Å². The SMILES string of the molecule is O=C(Cc1ccc2ccccc2c1)N(Cc1ccccc1)[C@@H]1CCS(=O)(=O)C1. The van der Waals surface area contributed by atoms with Crippen LogP contribution in [0.15, 0.2) is 72.8 Å². The average molecular weight is 394 g/mol. The Morgan fingerprint density at radius 3 is 2.32 bits per heavy atom. The molecule has 144 valence electrons. The molecule has 0 N–H and O–H groups in total. The summed E-state index contributed by atoms with van der Waals surface area (Å²) in [6, 6.07) is 23.6. The summed E-state index contributed by atoms with van der Waals surface area (Å²) in [4.78, 5) is 14.9. The van der Waals surface area contributed by atoms with Crippen molar-refractivity contribution >= 4 is 26.5 Å². The monoisotopic (exact) mass is 393 g/mol. The summed E-state index contributed by atoms with van der Waals surface area (Å²) < 4.78 is 24.0. The van der Waals surface area contributed by atoms with Gasteiger partial charge in [0.2, 0.25) is 5.91 Å². The maximum absolute atomic E-state index is 13.2. The molecule has 0 saturated carbocycles. The Hall–Kier alpha value is -2.66. The fraction of sp³-hybridized carbons (Fsp3) is 0.261. The van der Waals surface area contributed by atoms with Crippen LogP contribution in [0.1, 0.15) is 17.5 Å². The molecule has 0 unspecified atom stereocenters. The van der Waals surface area contributed by atoms with Crippen molar-refractivity contribution in [2.75, 3.05) is 11.5 Å². The summed E-state index contributed by atoms with van der Waals surface area (Å²) in [5.41, 5.74) is 1.96. The first-order chi connectivity index (χ1) is 13.5. The number of hydrogen-bond acceptors (Lipinski definition) is 3. The fourth-order valence-corrected chi connectivity index (χ4v) is 5.58. The summed E-state index contributed by atoms with van der Waals surface area (Å²) in [6.45, 7) is 0.438. The van der Waals surface area contributed by atoms with Crippen LogP contribution < -0.4 is 0 Å². The molecule has 28 heavy (non-hydrogen) atoms. The van der Waals surface area contributed by atoms with Crippen LogP contribution in [0.5, 0.6) is 0 Å². The van der Waals surface area contributed by atoms with E-state index in [0.29, 0.717) is 13.0 Å². The molecule has 1 aliphatic rings. The molecule has 4 nitrogen and oxygen atoms in total. The van der Waals surface area contributed by atoms with E-state index in [0.717, 1.165) is 21.9 Å². The Bertz CT molecular complexity index is 1090. The van der Waals surface area contributed by atoms with E-state index in [9.17, 15) is 13.2 Å². The van der Waals surface area contributed by atoms with Crippen molar-refractivity contribution in [2.45, 2.75) is 25.4 Å². The summed E-state index contributed by atoms with van der Waals surface area (Å²) in [5, 5.41) is 2.24. The van der Waals surface area contributed by atoms with Crippen molar-refractivity contribution in [3.8, 4) is 0 Å². The quantitative estimate of drug-likeness (QED) is 0.666. The largest absolute Gasteiger partial charge is 0.334 e. The number of amides is 1. The highest BCUT2D eigenvalue weighted by Gasteiger charge is 2.34. The van der Waals surface area contributed by atoms with Gasteiger partial charge in [-0.1, -0.05) is 72.8 Å². The number of carbonyl (C=O) groups excluding carboxylic acids is 1. The van der Waals surface area contributed by atoms with Crippen molar-refractivity contribution in [2.24, 2.45) is 0 Å². The lowest BCUT2D eigenvalue weighted by Gasteiger charge is -2.28. The lowest BCUT2D eigenvalue weighted by molar-refractivity contribution is -0.133. The van der Waals surface area contributed by atoms with E-state index in [4.69, 9.17) is 0 Å². The van der Waals surface area contributed by atoms with Crippen molar-refractivity contribution in [1.82, 2.24) is 4.90 Å². The molecule has 3 aromatic carbocycles. The number of rotatable bonds is 5. The third kappa shape index (κ3) is 4.25. The van der Waals surface area contributed by atoms with E-state index in [1.807, 2.05) is 72.8 Å². The molecule has 1 amide bonds. The molecule has 0 aromatic heterocycles. The predicted octanol–water partition coefficient (Wildman–Crippen LogP) is 3.60. The highest BCUT2D eigenvalue weighted by molar-refractivity contribution is 7.91. The molecule has 0 bridgehead atoms. The molecule has 0 radical (unpaired) electrons. The minimum Gasteiger partial charge on any atom is -0.334 e. The van der Waals surface area contributed by atoms with Gasteiger partial charge < -0.3 is 4.90 Å². The normalized spacial score (nSPS) is 18.2. The van der Waals surface area contributed by atoms with Gasteiger partial charge in [-0.2, -0.15) is 0 Å². The molecule has 1 aliphatic heterocycles. The van der Waals surface area contributed by atoms with Gasteiger partial charge in [0, 0.05) is 12.6 Å². The van der Waals surface area contributed by atoms with E-state index in [-0.39, 0.29) is 29.9 Å². The summed E-state index contributed by atoms with van der Waals surface area (Å²) >= 11 is 0. The maximum Gasteiger partial charge on any atom is 0.227 e. The highest BCUT2D eigenvalue weighted by Crippen LogP contribution is 2.22. The molecule has 1 atom stereocenters. The minimum absolute atomic E-state index is 0.0266. The van der Waals surface area contributed by atoms with Gasteiger partial charge in [-0.05, 0) is 28.3 Å². The molecule has 0 spiro atoms. The first kappa shape index (κ1) is 18.7. The first-order valence-electron chi connectivity index (χ1n) is 9.52. The number of hydrogen-bond donors (Lipinski definition) is 0. The van der Waals surface area contributed by atoms with E-state index in [2.05, 4.69) is 0 Å². The second-order valence-electron chi connectivity index (χ2n) is 7.42. The first-order valence-corrected chi connectivity index (χ1v) is 11.3. The van der Waals surface area contributed by atoms with E-state index in [1.165, 1.54) is 0 Å². The molecule has 4 rings (SSSR count). The lowest BCUT2D eigenvalue weighted by Crippen LogP contribution is -2.41. The number of sulfone groups is 1. The zero-order chi connectivity index (χ0) is 19.6. The molecule has 5 heteroatoms. The molecular formula is C23H23NO3S. The second-order valence-corrected chi connectivity index (χ2v) is 9.65. The number of fused-ring (bicyclic) bond motifs is 1. The molecule has 0 aliphatic carbocycles. The molecule has 1 saturated heterocycles. The summed E-state index contributed by atoms with van der Waals surface area (Å²) in [5.74, 6) is 0.191. The van der Waals surface area contributed by atoms with Crippen LogP contribution in [0.2, 0.25) is 0 Å². The predicted molar refractivity (Wildman–Crippen MR) is 112 cm³/mol. The third-order valence-electron chi connectivity index (χ3n) is 5.33. The average Bonchev–Trinajstić information content (AvgIpc) is 3.06.